The summed E-state index contributed by atoms with van der Waals surface area (Å²) in [7, 11) is 0. The van der Waals surface area contributed by atoms with E-state index < -0.39 is 5.97 Å². The number of carboxylic acids is 1. The third kappa shape index (κ3) is 5.21. The number of aliphatic carboxylic acids is 1. The van der Waals surface area contributed by atoms with Crippen molar-refractivity contribution in [3.8, 4) is 0 Å². The molecule has 0 aromatic rings. The fourth-order valence-electron chi connectivity index (χ4n) is 3.61. The molecule has 120 valence electrons. The van der Waals surface area contributed by atoms with E-state index >= 15 is 0 Å². The minimum absolute atomic E-state index is 0.150. The summed E-state index contributed by atoms with van der Waals surface area (Å²) in [5.41, 5.74) is -0.202. The van der Waals surface area contributed by atoms with Crippen molar-refractivity contribution in [1.82, 2.24) is 10.6 Å². The summed E-state index contributed by atoms with van der Waals surface area (Å²) in [4.78, 5) is 22.7. The first-order valence-electron chi connectivity index (χ1n) is 8.33. The highest BCUT2D eigenvalue weighted by Gasteiger charge is 2.39. The second-order valence-electron chi connectivity index (χ2n) is 6.83. The molecule has 0 aromatic heterocycles. The average Bonchev–Trinajstić information content (AvgIpc) is 2.42. The molecule has 2 aliphatic rings. The third-order valence-electron chi connectivity index (χ3n) is 5.13. The molecule has 0 radical (unpaired) electrons. The molecule has 3 N–H and O–H groups in total. The van der Waals surface area contributed by atoms with Crippen LogP contribution in [0.15, 0.2) is 0 Å². The largest absolute Gasteiger partial charge is 0.481 e. The highest BCUT2D eigenvalue weighted by molar-refractivity contribution is 5.74. The van der Waals surface area contributed by atoms with E-state index in [0.29, 0.717) is 6.54 Å². The van der Waals surface area contributed by atoms with Gasteiger partial charge in [0.15, 0.2) is 0 Å². The molecule has 0 bridgehead atoms. The first kappa shape index (κ1) is 16.1. The second-order valence-corrected chi connectivity index (χ2v) is 6.83. The van der Waals surface area contributed by atoms with Crippen molar-refractivity contribution >= 4 is 12.0 Å². The Morgan fingerprint density at radius 1 is 1.05 bits per heavy atom. The van der Waals surface area contributed by atoms with Crippen LogP contribution in [0, 0.1) is 11.3 Å². The molecule has 2 aliphatic carbocycles. The van der Waals surface area contributed by atoms with Crippen LogP contribution in [-0.4, -0.2) is 30.2 Å². The molecule has 0 aliphatic heterocycles. The first-order chi connectivity index (χ1) is 10.1. The maximum atomic E-state index is 11.8. The Kier molecular flexibility index (Phi) is 5.88. The van der Waals surface area contributed by atoms with Gasteiger partial charge in [0.1, 0.15) is 0 Å². The Morgan fingerprint density at radius 3 is 2.33 bits per heavy atom. The van der Waals surface area contributed by atoms with Crippen LogP contribution in [0.1, 0.15) is 64.2 Å². The smallest absolute Gasteiger partial charge is 0.314 e. The molecular formula is C16H28N2O3. The minimum atomic E-state index is -0.769. The van der Waals surface area contributed by atoms with Crippen LogP contribution < -0.4 is 10.6 Å². The van der Waals surface area contributed by atoms with Gasteiger partial charge < -0.3 is 15.7 Å². The van der Waals surface area contributed by atoms with Crippen LogP contribution in [0.3, 0.4) is 0 Å². The van der Waals surface area contributed by atoms with Gasteiger partial charge in [0.05, 0.1) is 6.42 Å². The number of hydrogen-bond donors (Lipinski definition) is 3. The monoisotopic (exact) mass is 296 g/mol. The van der Waals surface area contributed by atoms with Gasteiger partial charge in [-0.1, -0.05) is 38.5 Å². The summed E-state index contributed by atoms with van der Waals surface area (Å²) in [6, 6.07) is -0.150. The van der Waals surface area contributed by atoms with Gasteiger partial charge in [0.25, 0.3) is 0 Å². The Bertz CT molecular complexity index is 361. The van der Waals surface area contributed by atoms with Gasteiger partial charge in [-0.25, -0.2) is 4.79 Å². The van der Waals surface area contributed by atoms with Gasteiger partial charge >= 0.3 is 12.0 Å². The SMILES string of the molecule is O=C(O)CC1(CNC(=O)NCCC2CCCCC2)CCC1. The Morgan fingerprint density at radius 2 is 1.76 bits per heavy atom. The van der Waals surface area contributed by atoms with Crippen LogP contribution in [0.2, 0.25) is 0 Å². The number of carbonyl (C=O) groups is 2. The predicted molar refractivity (Wildman–Crippen MR) is 81.1 cm³/mol. The molecule has 21 heavy (non-hydrogen) atoms. The summed E-state index contributed by atoms with van der Waals surface area (Å²) >= 11 is 0. The molecule has 2 fully saturated rings. The topological polar surface area (TPSA) is 78.4 Å². The van der Waals surface area contributed by atoms with Crippen LogP contribution >= 0.6 is 0 Å². The third-order valence-corrected chi connectivity index (χ3v) is 5.13. The Balaban J connectivity index is 1.59. The van der Waals surface area contributed by atoms with E-state index in [0.717, 1.165) is 38.1 Å². The summed E-state index contributed by atoms with van der Waals surface area (Å²) in [6.07, 6.45) is 10.7. The molecule has 0 aromatic carbocycles. The fourth-order valence-corrected chi connectivity index (χ4v) is 3.61. The molecule has 5 nitrogen and oxygen atoms in total. The lowest BCUT2D eigenvalue weighted by molar-refractivity contribution is -0.141. The molecule has 0 atom stereocenters. The molecular weight excluding hydrogens is 268 g/mol. The van der Waals surface area contributed by atoms with Crippen LogP contribution in [0.25, 0.3) is 0 Å². The summed E-state index contributed by atoms with van der Waals surface area (Å²) < 4.78 is 0. The van der Waals surface area contributed by atoms with Crippen molar-refractivity contribution in [2.75, 3.05) is 13.1 Å². The average molecular weight is 296 g/mol. The maximum Gasteiger partial charge on any atom is 0.314 e. The second kappa shape index (κ2) is 7.66. The molecule has 0 saturated heterocycles. The first-order valence-corrected chi connectivity index (χ1v) is 8.33. The number of amides is 2. The number of rotatable bonds is 7. The van der Waals surface area contributed by atoms with Crippen molar-refractivity contribution in [1.29, 1.82) is 0 Å². The summed E-state index contributed by atoms with van der Waals surface area (Å²) in [6.45, 7) is 1.21. The van der Waals surface area contributed by atoms with Gasteiger partial charge in [-0.05, 0) is 30.6 Å². The zero-order valence-electron chi connectivity index (χ0n) is 12.8. The lowest BCUT2D eigenvalue weighted by Gasteiger charge is -2.40. The maximum absolute atomic E-state index is 11.8. The van der Waals surface area contributed by atoms with Gasteiger partial charge in [-0.15, -0.1) is 0 Å². The molecule has 0 spiro atoms. The Hall–Kier alpha value is -1.26. The van der Waals surface area contributed by atoms with Gasteiger partial charge in [-0.3, -0.25) is 4.79 Å². The molecule has 0 heterocycles. The fraction of sp³-hybridized carbons (Fsp3) is 0.875. The normalized spacial score (nSPS) is 21.3. The lowest BCUT2D eigenvalue weighted by Crippen LogP contribution is -2.46. The van der Waals surface area contributed by atoms with Gasteiger partial charge in [0, 0.05) is 13.1 Å². The summed E-state index contributed by atoms with van der Waals surface area (Å²) in [5, 5.41) is 14.7. The predicted octanol–water partition coefficient (Wildman–Crippen LogP) is 2.90. The molecule has 2 amide bonds. The van der Waals surface area contributed by atoms with E-state index in [2.05, 4.69) is 10.6 Å². The number of hydrogen-bond acceptors (Lipinski definition) is 2. The van der Waals surface area contributed by atoms with E-state index in [9.17, 15) is 9.59 Å². The van der Waals surface area contributed by atoms with Gasteiger partial charge in [0.2, 0.25) is 0 Å². The van der Waals surface area contributed by atoms with Crippen molar-refractivity contribution in [2.24, 2.45) is 11.3 Å². The highest BCUT2D eigenvalue weighted by atomic mass is 16.4. The standard InChI is InChI=1S/C16H28N2O3/c19-14(20)11-16(8-4-9-16)12-18-15(21)17-10-7-13-5-2-1-3-6-13/h13H,1-12H2,(H,19,20)(H2,17,18,21). The zero-order valence-corrected chi connectivity index (χ0v) is 12.8. The number of carbonyl (C=O) groups excluding carboxylic acids is 1. The molecule has 2 saturated carbocycles. The van der Waals surface area contributed by atoms with E-state index in [1.54, 1.807) is 0 Å². The van der Waals surface area contributed by atoms with Gasteiger partial charge in [-0.2, -0.15) is 0 Å². The number of carboxylic acid groups (broad SMARTS) is 1. The van der Waals surface area contributed by atoms with E-state index in [-0.39, 0.29) is 17.9 Å². The number of urea groups is 1. The van der Waals surface area contributed by atoms with Crippen molar-refractivity contribution < 1.29 is 14.7 Å². The summed E-state index contributed by atoms with van der Waals surface area (Å²) in [5.74, 6) is -0.00163. The molecule has 5 heteroatoms. The molecule has 0 unspecified atom stereocenters. The Labute approximate surface area is 126 Å². The zero-order chi connectivity index (χ0) is 15.1. The van der Waals surface area contributed by atoms with Crippen molar-refractivity contribution in [3.63, 3.8) is 0 Å². The van der Waals surface area contributed by atoms with Crippen LogP contribution in [-0.2, 0) is 4.79 Å². The van der Waals surface area contributed by atoms with E-state index in [4.69, 9.17) is 5.11 Å². The van der Waals surface area contributed by atoms with Crippen molar-refractivity contribution in [2.45, 2.75) is 64.2 Å². The van der Waals surface area contributed by atoms with E-state index in [1.807, 2.05) is 0 Å². The molecule has 2 rings (SSSR count). The highest BCUT2D eigenvalue weighted by Crippen LogP contribution is 2.43. The minimum Gasteiger partial charge on any atom is -0.481 e. The van der Waals surface area contributed by atoms with Crippen LogP contribution in [0.4, 0.5) is 4.79 Å². The lowest BCUT2D eigenvalue weighted by atomic mass is 9.66. The van der Waals surface area contributed by atoms with E-state index in [1.165, 1.54) is 32.1 Å². The number of nitrogens with one attached hydrogen (secondary N) is 2. The van der Waals surface area contributed by atoms with Crippen LogP contribution in [0.5, 0.6) is 0 Å². The quantitative estimate of drug-likeness (QED) is 0.676. The van der Waals surface area contributed by atoms with Crippen molar-refractivity contribution in [3.05, 3.63) is 0 Å².